The molecule has 11 heteroatoms. The van der Waals surface area contributed by atoms with E-state index in [2.05, 4.69) is 44.6 Å². The van der Waals surface area contributed by atoms with Crippen LogP contribution in [0, 0.1) is 3.57 Å². The number of amides is 2. The molecule has 1 rings (SSSR count). The van der Waals surface area contributed by atoms with Crippen LogP contribution in [0.5, 0.6) is 0 Å². The molecule has 0 bridgehead atoms. The Morgan fingerprint density at radius 2 is 1.48 bits per heavy atom. The van der Waals surface area contributed by atoms with Gasteiger partial charge in [0, 0.05) is 16.5 Å². The number of rotatable bonds is 15. The second kappa shape index (κ2) is 14.6. The predicted molar refractivity (Wildman–Crippen MR) is 121 cm³/mol. The number of hydrogen-bond acceptors (Lipinski definition) is 5. The summed E-state index contributed by atoms with van der Waals surface area (Å²) in [5, 5.41) is 34.7. The number of carboxylic acids is 3. The van der Waals surface area contributed by atoms with E-state index in [9.17, 15) is 24.3 Å². The van der Waals surface area contributed by atoms with Crippen molar-refractivity contribution < 1.29 is 34.5 Å². The van der Waals surface area contributed by atoms with E-state index in [1.165, 1.54) is 9.13 Å². The number of urea groups is 1. The summed E-state index contributed by atoms with van der Waals surface area (Å²) in [6.45, 7) is 1.53. The van der Waals surface area contributed by atoms with Gasteiger partial charge in [-0.3, -0.25) is 4.79 Å². The Hall–Kier alpha value is -2.41. The highest BCUT2D eigenvalue weighted by molar-refractivity contribution is 14.1. The standard InChI is InChI=1S/C20H28IN3O7/c21-14-7-4-3-6-13(14)12-22-11-5-1-2-8-15(18(27)28)23-20(31)24-16(19(29)30)9-10-17(25)26/h3-4,6-7,15-16,22H,1-2,5,8-12H2,(H,25,26)(H,27,28)(H,29,30)(H2,23,24,31)/t15-,16-/m0/s1. The SMILES string of the molecule is O=C(O)CC[C@H](NC(=O)N[C@@H](CCCCCNCc1ccccc1I)C(=O)O)C(=O)O. The first-order valence-electron chi connectivity index (χ1n) is 9.89. The summed E-state index contributed by atoms with van der Waals surface area (Å²) in [5.41, 5.74) is 1.22. The predicted octanol–water partition coefficient (Wildman–Crippen LogP) is 2.01. The lowest BCUT2D eigenvalue weighted by Crippen LogP contribution is -2.51. The Morgan fingerprint density at radius 3 is 2.06 bits per heavy atom. The third-order valence-corrected chi connectivity index (χ3v) is 5.53. The number of carboxylic acid groups (broad SMARTS) is 3. The Bertz CT molecular complexity index is 760. The molecule has 172 valence electrons. The van der Waals surface area contributed by atoms with Gasteiger partial charge in [-0.25, -0.2) is 14.4 Å². The minimum atomic E-state index is -1.41. The van der Waals surface area contributed by atoms with Gasteiger partial charge in [-0.15, -0.1) is 0 Å². The average molecular weight is 549 g/mol. The normalized spacial score (nSPS) is 12.5. The highest BCUT2D eigenvalue weighted by Crippen LogP contribution is 2.11. The Kier molecular flexibility index (Phi) is 12.5. The van der Waals surface area contributed by atoms with Gasteiger partial charge in [-0.05, 0) is 60.0 Å². The lowest BCUT2D eigenvalue weighted by atomic mass is 10.1. The van der Waals surface area contributed by atoms with Crippen LogP contribution < -0.4 is 16.0 Å². The van der Waals surface area contributed by atoms with Crippen molar-refractivity contribution in [3.05, 3.63) is 33.4 Å². The number of hydrogen-bond donors (Lipinski definition) is 6. The molecule has 0 aliphatic heterocycles. The number of aliphatic carboxylic acids is 3. The Morgan fingerprint density at radius 1 is 0.871 bits per heavy atom. The third kappa shape index (κ3) is 11.5. The first-order valence-corrected chi connectivity index (χ1v) is 11.0. The summed E-state index contributed by atoms with van der Waals surface area (Å²) in [6.07, 6.45) is 1.65. The van der Waals surface area contributed by atoms with Crippen LogP contribution in [0.2, 0.25) is 0 Å². The van der Waals surface area contributed by atoms with Crippen molar-refractivity contribution in [1.82, 2.24) is 16.0 Å². The van der Waals surface area contributed by atoms with Gasteiger partial charge in [0.05, 0.1) is 0 Å². The van der Waals surface area contributed by atoms with Crippen LogP contribution in [0.1, 0.15) is 44.1 Å². The molecule has 0 saturated heterocycles. The molecule has 1 aromatic rings. The van der Waals surface area contributed by atoms with Gasteiger partial charge < -0.3 is 31.3 Å². The number of carbonyl (C=O) groups is 4. The van der Waals surface area contributed by atoms with Crippen molar-refractivity contribution in [2.45, 2.75) is 57.2 Å². The van der Waals surface area contributed by atoms with Crippen molar-refractivity contribution in [2.75, 3.05) is 6.54 Å². The smallest absolute Gasteiger partial charge is 0.326 e. The summed E-state index contributed by atoms with van der Waals surface area (Å²) >= 11 is 2.28. The summed E-state index contributed by atoms with van der Waals surface area (Å²) < 4.78 is 1.19. The highest BCUT2D eigenvalue weighted by atomic mass is 127. The van der Waals surface area contributed by atoms with Crippen LogP contribution in [-0.2, 0) is 20.9 Å². The van der Waals surface area contributed by atoms with E-state index < -0.39 is 42.4 Å². The van der Waals surface area contributed by atoms with E-state index in [1.807, 2.05) is 18.2 Å². The topological polar surface area (TPSA) is 165 Å². The van der Waals surface area contributed by atoms with E-state index in [1.54, 1.807) is 0 Å². The summed E-state index contributed by atoms with van der Waals surface area (Å²) in [6, 6.07) is 4.54. The second-order valence-corrected chi connectivity index (χ2v) is 8.11. The molecular weight excluding hydrogens is 521 g/mol. The molecule has 6 N–H and O–H groups in total. The number of carbonyl (C=O) groups excluding carboxylic acids is 1. The minimum Gasteiger partial charge on any atom is -0.481 e. The molecule has 0 radical (unpaired) electrons. The van der Waals surface area contributed by atoms with Crippen molar-refractivity contribution in [1.29, 1.82) is 0 Å². The number of benzene rings is 1. The maximum absolute atomic E-state index is 11.9. The van der Waals surface area contributed by atoms with Gasteiger partial charge in [0.2, 0.25) is 0 Å². The van der Waals surface area contributed by atoms with Crippen molar-refractivity contribution in [3.63, 3.8) is 0 Å². The zero-order valence-corrected chi connectivity index (χ0v) is 19.1. The van der Waals surface area contributed by atoms with Crippen molar-refractivity contribution in [2.24, 2.45) is 0 Å². The molecule has 10 nitrogen and oxygen atoms in total. The number of halogens is 1. The highest BCUT2D eigenvalue weighted by Gasteiger charge is 2.24. The fourth-order valence-electron chi connectivity index (χ4n) is 2.78. The zero-order chi connectivity index (χ0) is 23.2. The first-order chi connectivity index (χ1) is 14.7. The van der Waals surface area contributed by atoms with Crippen LogP contribution in [0.3, 0.4) is 0 Å². The van der Waals surface area contributed by atoms with Crippen LogP contribution in [0.15, 0.2) is 24.3 Å². The lowest BCUT2D eigenvalue weighted by molar-refractivity contribution is -0.140. The maximum Gasteiger partial charge on any atom is 0.326 e. The third-order valence-electron chi connectivity index (χ3n) is 4.47. The maximum atomic E-state index is 11.9. The van der Waals surface area contributed by atoms with Crippen LogP contribution >= 0.6 is 22.6 Å². The molecule has 0 heterocycles. The van der Waals surface area contributed by atoms with E-state index in [0.29, 0.717) is 6.42 Å². The number of nitrogens with one attached hydrogen (secondary N) is 3. The molecule has 0 aliphatic rings. The molecule has 0 fully saturated rings. The van der Waals surface area contributed by atoms with Crippen LogP contribution in [-0.4, -0.2) is 57.9 Å². The molecule has 2 atom stereocenters. The van der Waals surface area contributed by atoms with Crippen LogP contribution in [0.25, 0.3) is 0 Å². The summed E-state index contributed by atoms with van der Waals surface area (Å²) in [5.74, 6) is -3.80. The van der Waals surface area contributed by atoms with Gasteiger partial charge in [0.1, 0.15) is 12.1 Å². The largest absolute Gasteiger partial charge is 0.481 e. The molecule has 2 amide bonds. The van der Waals surface area contributed by atoms with Gasteiger partial charge in [0.25, 0.3) is 0 Å². The van der Waals surface area contributed by atoms with Gasteiger partial charge in [-0.1, -0.05) is 31.0 Å². The molecule has 1 aromatic carbocycles. The van der Waals surface area contributed by atoms with E-state index in [0.717, 1.165) is 25.9 Å². The van der Waals surface area contributed by atoms with Crippen molar-refractivity contribution >= 4 is 46.5 Å². The lowest BCUT2D eigenvalue weighted by Gasteiger charge is -2.18. The zero-order valence-electron chi connectivity index (χ0n) is 17.0. The summed E-state index contributed by atoms with van der Waals surface area (Å²) in [7, 11) is 0. The van der Waals surface area contributed by atoms with E-state index in [4.69, 9.17) is 10.2 Å². The average Bonchev–Trinajstić information content (AvgIpc) is 2.70. The minimum absolute atomic E-state index is 0.201. The Balaban J connectivity index is 2.31. The van der Waals surface area contributed by atoms with Gasteiger partial charge in [0.15, 0.2) is 0 Å². The fourth-order valence-corrected chi connectivity index (χ4v) is 3.36. The monoisotopic (exact) mass is 549 g/mol. The quantitative estimate of drug-likeness (QED) is 0.143. The molecule has 0 aromatic heterocycles. The Labute approximate surface area is 193 Å². The van der Waals surface area contributed by atoms with E-state index >= 15 is 0 Å². The fraction of sp³-hybridized carbons (Fsp3) is 0.500. The number of unbranched alkanes of at least 4 members (excludes halogenated alkanes) is 2. The van der Waals surface area contributed by atoms with Gasteiger partial charge in [-0.2, -0.15) is 0 Å². The van der Waals surface area contributed by atoms with Crippen LogP contribution in [0.4, 0.5) is 4.79 Å². The van der Waals surface area contributed by atoms with E-state index in [-0.39, 0.29) is 12.8 Å². The van der Waals surface area contributed by atoms with Gasteiger partial charge >= 0.3 is 23.9 Å². The molecular formula is C20H28IN3O7. The molecule has 0 spiro atoms. The first kappa shape index (κ1) is 26.6. The van der Waals surface area contributed by atoms with Crippen molar-refractivity contribution in [3.8, 4) is 0 Å². The molecule has 0 unspecified atom stereocenters. The molecule has 0 saturated carbocycles. The molecule has 0 aliphatic carbocycles. The molecule has 31 heavy (non-hydrogen) atoms. The summed E-state index contributed by atoms with van der Waals surface area (Å²) in [4.78, 5) is 45.0. The second-order valence-electron chi connectivity index (χ2n) is 6.95.